The Labute approximate surface area is 132 Å². The number of carbonyl (C=O) groups is 2. The van der Waals surface area contributed by atoms with Crippen LogP contribution in [-0.2, 0) is 19.0 Å². The van der Waals surface area contributed by atoms with Gasteiger partial charge in [0, 0.05) is 20.0 Å². The Morgan fingerprint density at radius 3 is 2.27 bits per heavy atom. The lowest BCUT2D eigenvalue weighted by Gasteiger charge is -2.45. The molecule has 126 valence electrons. The zero-order valence-corrected chi connectivity index (χ0v) is 14.0. The molecule has 0 aliphatic carbocycles. The van der Waals surface area contributed by atoms with Crippen LogP contribution in [0.1, 0.15) is 53.4 Å². The average molecular weight is 313 g/mol. The van der Waals surface area contributed by atoms with Gasteiger partial charge in [-0.3, -0.25) is 4.79 Å². The maximum Gasteiger partial charge on any atom is 0.410 e. The Morgan fingerprint density at radius 1 is 1.18 bits per heavy atom. The van der Waals surface area contributed by atoms with Crippen LogP contribution in [0.25, 0.3) is 0 Å². The molecule has 2 rings (SSSR count). The van der Waals surface area contributed by atoms with Crippen molar-refractivity contribution in [2.45, 2.75) is 70.7 Å². The summed E-state index contributed by atoms with van der Waals surface area (Å²) in [6, 6.07) is 0. The Kier molecular flexibility index (Phi) is 5.00. The predicted octanol–water partition coefficient (Wildman–Crippen LogP) is 2.50. The molecule has 6 heteroatoms. The number of rotatable bonds is 1. The van der Waals surface area contributed by atoms with Gasteiger partial charge >= 0.3 is 12.1 Å². The summed E-state index contributed by atoms with van der Waals surface area (Å²) >= 11 is 0. The molecule has 6 nitrogen and oxygen atoms in total. The van der Waals surface area contributed by atoms with Crippen molar-refractivity contribution < 1.29 is 23.8 Å². The lowest BCUT2D eigenvalue weighted by atomic mass is 9.84. The standard InChI is InChI=1S/C16H27NO5/c1-12(18)21-13-5-6-16(20-11-13)7-9-17(10-8-16)14(19)22-15(2,3)4/h13H,5-11H2,1-4H3. The number of ether oxygens (including phenoxy) is 3. The van der Waals surface area contributed by atoms with E-state index in [1.165, 1.54) is 6.92 Å². The van der Waals surface area contributed by atoms with Crippen LogP contribution in [-0.4, -0.2) is 54.0 Å². The van der Waals surface area contributed by atoms with E-state index in [1.807, 2.05) is 20.8 Å². The minimum absolute atomic E-state index is 0.132. The molecule has 0 aromatic carbocycles. The molecule has 0 radical (unpaired) electrons. The van der Waals surface area contributed by atoms with Crippen LogP contribution in [0.4, 0.5) is 4.79 Å². The Balaban J connectivity index is 1.80. The number of piperidine rings is 1. The van der Waals surface area contributed by atoms with Crippen LogP contribution < -0.4 is 0 Å². The zero-order valence-electron chi connectivity index (χ0n) is 14.0. The molecule has 2 saturated heterocycles. The van der Waals surface area contributed by atoms with Crippen molar-refractivity contribution >= 4 is 12.1 Å². The molecular weight excluding hydrogens is 286 g/mol. The van der Waals surface area contributed by atoms with Crippen molar-refractivity contribution in [3.63, 3.8) is 0 Å². The third-order valence-electron chi connectivity index (χ3n) is 4.16. The predicted molar refractivity (Wildman–Crippen MR) is 80.5 cm³/mol. The topological polar surface area (TPSA) is 65.1 Å². The van der Waals surface area contributed by atoms with Gasteiger partial charge in [-0.05, 0) is 46.5 Å². The molecule has 2 heterocycles. The number of nitrogens with zero attached hydrogens (tertiary/aromatic N) is 1. The first-order valence-corrected chi connectivity index (χ1v) is 7.98. The van der Waals surface area contributed by atoms with Crippen LogP contribution in [0.5, 0.6) is 0 Å². The lowest BCUT2D eigenvalue weighted by molar-refractivity contribution is -0.174. The largest absolute Gasteiger partial charge is 0.460 e. The first kappa shape index (κ1) is 17.1. The molecule has 0 N–H and O–H groups in total. The molecular formula is C16H27NO5. The third-order valence-corrected chi connectivity index (χ3v) is 4.16. The highest BCUT2D eigenvalue weighted by Crippen LogP contribution is 2.36. The number of esters is 1. The highest BCUT2D eigenvalue weighted by molar-refractivity contribution is 5.68. The fraction of sp³-hybridized carbons (Fsp3) is 0.875. The smallest absolute Gasteiger partial charge is 0.410 e. The maximum atomic E-state index is 12.1. The molecule has 1 spiro atoms. The second-order valence-electron chi connectivity index (χ2n) is 7.23. The van der Waals surface area contributed by atoms with Gasteiger partial charge < -0.3 is 19.1 Å². The minimum atomic E-state index is -0.467. The number of amides is 1. The van der Waals surface area contributed by atoms with Gasteiger partial charge in [0.1, 0.15) is 11.7 Å². The number of hydrogen-bond acceptors (Lipinski definition) is 5. The van der Waals surface area contributed by atoms with E-state index >= 15 is 0 Å². The first-order valence-electron chi connectivity index (χ1n) is 7.98. The van der Waals surface area contributed by atoms with E-state index in [0.29, 0.717) is 19.7 Å². The highest BCUT2D eigenvalue weighted by atomic mass is 16.6. The number of hydrogen-bond donors (Lipinski definition) is 0. The summed E-state index contributed by atoms with van der Waals surface area (Å²) in [6.07, 6.45) is 2.92. The maximum absolute atomic E-state index is 12.1. The third kappa shape index (κ3) is 4.60. The molecule has 2 fully saturated rings. The Bertz CT molecular complexity index is 411. The van der Waals surface area contributed by atoms with Crippen LogP contribution >= 0.6 is 0 Å². The van der Waals surface area contributed by atoms with Gasteiger partial charge in [0.15, 0.2) is 0 Å². The molecule has 2 aliphatic heterocycles. The summed E-state index contributed by atoms with van der Waals surface area (Å²) in [7, 11) is 0. The molecule has 1 amide bonds. The highest BCUT2D eigenvalue weighted by Gasteiger charge is 2.41. The van der Waals surface area contributed by atoms with Crippen LogP contribution in [0.2, 0.25) is 0 Å². The molecule has 0 aromatic rings. The van der Waals surface area contributed by atoms with E-state index in [4.69, 9.17) is 14.2 Å². The minimum Gasteiger partial charge on any atom is -0.460 e. The van der Waals surface area contributed by atoms with Crippen molar-refractivity contribution in [3.8, 4) is 0 Å². The fourth-order valence-electron chi connectivity index (χ4n) is 2.99. The molecule has 22 heavy (non-hydrogen) atoms. The summed E-state index contributed by atoms with van der Waals surface area (Å²) in [4.78, 5) is 24.8. The molecule has 1 unspecified atom stereocenters. The van der Waals surface area contributed by atoms with E-state index < -0.39 is 5.60 Å². The number of likely N-dealkylation sites (tertiary alicyclic amines) is 1. The quantitative estimate of drug-likeness (QED) is 0.696. The van der Waals surface area contributed by atoms with Crippen LogP contribution in [0.3, 0.4) is 0 Å². The van der Waals surface area contributed by atoms with Gasteiger partial charge in [-0.2, -0.15) is 0 Å². The SMILES string of the molecule is CC(=O)OC1CCC2(CCN(C(=O)OC(C)(C)C)CC2)OC1. The summed E-state index contributed by atoms with van der Waals surface area (Å²) in [6.45, 7) is 8.78. The molecule has 0 saturated carbocycles. The van der Waals surface area contributed by atoms with E-state index in [2.05, 4.69) is 0 Å². The summed E-state index contributed by atoms with van der Waals surface area (Å²) in [5.74, 6) is -0.260. The zero-order chi connectivity index (χ0) is 16.4. The normalized spacial score (nSPS) is 24.9. The second kappa shape index (κ2) is 6.44. The van der Waals surface area contributed by atoms with E-state index in [0.717, 1.165) is 25.7 Å². The average Bonchev–Trinajstić information content (AvgIpc) is 2.40. The molecule has 0 aromatic heterocycles. The number of carbonyl (C=O) groups excluding carboxylic acids is 2. The van der Waals surface area contributed by atoms with Gasteiger partial charge in [-0.25, -0.2) is 4.79 Å². The van der Waals surface area contributed by atoms with E-state index in [1.54, 1.807) is 4.90 Å². The van der Waals surface area contributed by atoms with Crippen molar-refractivity contribution in [1.82, 2.24) is 4.90 Å². The van der Waals surface area contributed by atoms with Crippen LogP contribution in [0.15, 0.2) is 0 Å². The van der Waals surface area contributed by atoms with Gasteiger partial charge in [-0.1, -0.05) is 0 Å². The van der Waals surface area contributed by atoms with Crippen molar-refractivity contribution in [1.29, 1.82) is 0 Å². The first-order chi connectivity index (χ1) is 10.2. The summed E-state index contributed by atoms with van der Waals surface area (Å²) in [5, 5.41) is 0. The monoisotopic (exact) mass is 313 g/mol. The van der Waals surface area contributed by atoms with Crippen molar-refractivity contribution in [3.05, 3.63) is 0 Å². The fourth-order valence-corrected chi connectivity index (χ4v) is 2.99. The van der Waals surface area contributed by atoms with E-state index in [9.17, 15) is 9.59 Å². The molecule has 2 aliphatic rings. The Hall–Kier alpha value is -1.30. The van der Waals surface area contributed by atoms with Gasteiger partial charge in [0.2, 0.25) is 0 Å². The Morgan fingerprint density at radius 2 is 1.82 bits per heavy atom. The van der Waals surface area contributed by atoms with Crippen molar-refractivity contribution in [2.24, 2.45) is 0 Å². The van der Waals surface area contributed by atoms with Gasteiger partial charge in [0.25, 0.3) is 0 Å². The van der Waals surface area contributed by atoms with Gasteiger partial charge in [0.05, 0.1) is 12.2 Å². The summed E-state index contributed by atoms with van der Waals surface area (Å²) < 4.78 is 16.6. The van der Waals surface area contributed by atoms with E-state index in [-0.39, 0.29) is 23.8 Å². The van der Waals surface area contributed by atoms with Gasteiger partial charge in [-0.15, -0.1) is 0 Å². The summed E-state index contributed by atoms with van der Waals surface area (Å²) in [5.41, 5.74) is -0.639. The lowest BCUT2D eigenvalue weighted by Crippen LogP contribution is -2.52. The van der Waals surface area contributed by atoms with Crippen LogP contribution in [0, 0.1) is 0 Å². The van der Waals surface area contributed by atoms with Crippen molar-refractivity contribution in [2.75, 3.05) is 19.7 Å². The molecule has 1 atom stereocenters. The molecule has 0 bridgehead atoms. The second-order valence-corrected chi connectivity index (χ2v) is 7.23.